The van der Waals surface area contributed by atoms with Crippen molar-refractivity contribution in [3.05, 3.63) is 118 Å². The van der Waals surface area contributed by atoms with Crippen LogP contribution in [0.3, 0.4) is 0 Å². The van der Waals surface area contributed by atoms with Crippen LogP contribution >= 0.6 is 0 Å². The molecule has 0 heterocycles. The van der Waals surface area contributed by atoms with Gasteiger partial charge in [0, 0.05) is 24.8 Å². The molecular weight excluding hydrogens is 532 g/mol. The van der Waals surface area contributed by atoms with Gasteiger partial charge in [0.05, 0.1) is 12.2 Å². The second-order valence-corrected chi connectivity index (χ2v) is 11.5. The minimum absolute atomic E-state index is 0.0500. The highest BCUT2D eigenvalue weighted by Gasteiger charge is 2.22. The Morgan fingerprint density at radius 2 is 0.837 bits per heavy atom. The summed E-state index contributed by atoms with van der Waals surface area (Å²) >= 11 is 0. The van der Waals surface area contributed by atoms with Crippen LogP contribution in [0.25, 0.3) is 0 Å². The van der Waals surface area contributed by atoms with E-state index in [4.69, 9.17) is 14.2 Å². The molecule has 4 aromatic rings. The first kappa shape index (κ1) is 32.0. The molecule has 0 amide bonds. The Balaban J connectivity index is 1.63. The molecule has 0 spiro atoms. The Bertz CT molecular complexity index is 1460. The summed E-state index contributed by atoms with van der Waals surface area (Å²) in [4.78, 5) is 0. The summed E-state index contributed by atoms with van der Waals surface area (Å²) in [6.45, 7) is 12.7. The molecule has 43 heavy (non-hydrogen) atoms. The van der Waals surface area contributed by atoms with Gasteiger partial charge in [-0.2, -0.15) is 0 Å². The van der Waals surface area contributed by atoms with Crippen molar-refractivity contribution in [1.82, 2.24) is 0 Å². The summed E-state index contributed by atoms with van der Waals surface area (Å²) in [6.07, 6.45) is 4.42. The lowest BCUT2D eigenvalue weighted by Gasteiger charge is -2.25. The second kappa shape index (κ2) is 15.5. The van der Waals surface area contributed by atoms with Gasteiger partial charge >= 0.3 is 0 Å². The lowest BCUT2D eigenvalue weighted by molar-refractivity contribution is 0.209. The summed E-state index contributed by atoms with van der Waals surface area (Å²) in [6, 6.07) is 28.6. The molecule has 0 radical (unpaired) electrons. The maximum atomic E-state index is 11.2. The number of rotatable bonds is 15. The average Bonchev–Trinajstić information content (AvgIpc) is 3.01. The van der Waals surface area contributed by atoms with Crippen molar-refractivity contribution in [1.29, 1.82) is 0 Å². The number of aryl methyl sites for hydroxylation is 3. The molecule has 0 aliphatic rings. The van der Waals surface area contributed by atoms with Crippen LogP contribution in [0.15, 0.2) is 84.9 Å². The van der Waals surface area contributed by atoms with Gasteiger partial charge in [0.1, 0.15) is 29.1 Å². The summed E-state index contributed by atoms with van der Waals surface area (Å²) < 4.78 is 19.4. The predicted octanol–water partition coefficient (Wildman–Crippen LogP) is 9.11. The van der Waals surface area contributed by atoms with Crippen LogP contribution < -0.4 is 14.2 Å². The SMILES string of the molecule is CCc1ccccc1OC(C)Cc1ccc(O)c(CC(C)Oc2ccccc2CC)c1CC(C)Oc1ccccc1CC. The van der Waals surface area contributed by atoms with E-state index < -0.39 is 0 Å². The molecule has 4 heteroatoms. The fraction of sp³-hybridized carbons (Fsp3) is 0.385. The van der Waals surface area contributed by atoms with Crippen LogP contribution in [0.5, 0.6) is 23.0 Å². The molecule has 1 N–H and O–H groups in total. The molecule has 0 aliphatic heterocycles. The normalized spacial score (nSPS) is 13.3. The lowest BCUT2D eigenvalue weighted by atomic mass is 9.90. The molecule has 3 atom stereocenters. The Kier molecular flexibility index (Phi) is 11.6. The third-order valence-electron chi connectivity index (χ3n) is 8.04. The molecular formula is C39H48O4. The average molecular weight is 581 g/mol. The molecule has 0 bridgehead atoms. The van der Waals surface area contributed by atoms with E-state index in [0.717, 1.165) is 53.2 Å². The fourth-order valence-electron chi connectivity index (χ4n) is 5.79. The number of para-hydroxylation sites is 3. The minimum Gasteiger partial charge on any atom is -0.508 e. The quantitative estimate of drug-likeness (QED) is 0.152. The Morgan fingerprint density at radius 1 is 0.465 bits per heavy atom. The largest absolute Gasteiger partial charge is 0.508 e. The number of hydrogen-bond acceptors (Lipinski definition) is 4. The first-order valence-electron chi connectivity index (χ1n) is 15.9. The summed E-state index contributed by atoms with van der Waals surface area (Å²) in [7, 11) is 0. The van der Waals surface area contributed by atoms with Gasteiger partial charge in [0.25, 0.3) is 0 Å². The number of phenolic OH excluding ortho intramolecular Hbond substituents is 1. The Labute approximate surface area is 258 Å². The molecule has 228 valence electrons. The summed E-state index contributed by atoms with van der Waals surface area (Å²) in [5, 5.41) is 11.2. The van der Waals surface area contributed by atoms with Crippen LogP contribution in [-0.2, 0) is 38.5 Å². The maximum absolute atomic E-state index is 11.2. The van der Waals surface area contributed by atoms with Gasteiger partial charge in [-0.15, -0.1) is 0 Å². The minimum atomic E-state index is -0.130. The molecule has 0 aromatic heterocycles. The molecule has 4 nitrogen and oxygen atoms in total. The molecule has 0 aliphatic carbocycles. The molecule has 0 saturated heterocycles. The molecule has 3 unspecified atom stereocenters. The van der Waals surface area contributed by atoms with Crippen molar-refractivity contribution >= 4 is 0 Å². The van der Waals surface area contributed by atoms with E-state index >= 15 is 0 Å². The third-order valence-corrected chi connectivity index (χ3v) is 8.04. The van der Waals surface area contributed by atoms with Crippen LogP contribution in [-0.4, -0.2) is 23.4 Å². The first-order valence-corrected chi connectivity index (χ1v) is 15.9. The van der Waals surface area contributed by atoms with Crippen molar-refractivity contribution in [3.8, 4) is 23.0 Å². The standard InChI is InChI=1S/C39H48O4/c1-7-30-16-10-13-19-37(30)41-27(4)24-33-22-23-36(40)35(26-29(6)43-39-21-15-12-18-32(39)9-3)34(33)25-28(5)42-38-20-14-11-17-31(38)8-2/h10-23,27-29,40H,7-9,24-26H2,1-6H3. The van der Waals surface area contributed by atoms with Gasteiger partial charge in [-0.1, -0.05) is 81.4 Å². The number of aromatic hydroxyl groups is 1. The Hall–Kier alpha value is -3.92. The van der Waals surface area contributed by atoms with Gasteiger partial charge < -0.3 is 19.3 Å². The van der Waals surface area contributed by atoms with E-state index in [-0.39, 0.29) is 18.3 Å². The maximum Gasteiger partial charge on any atom is 0.122 e. The van der Waals surface area contributed by atoms with Gasteiger partial charge in [-0.25, -0.2) is 0 Å². The van der Waals surface area contributed by atoms with Crippen molar-refractivity contribution in [3.63, 3.8) is 0 Å². The van der Waals surface area contributed by atoms with E-state index in [1.807, 2.05) is 54.6 Å². The lowest BCUT2D eigenvalue weighted by Crippen LogP contribution is -2.23. The smallest absolute Gasteiger partial charge is 0.122 e. The molecule has 4 rings (SSSR count). The number of benzene rings is 4. The van der Waals surface area contributed by atoms with Crippen LogP contribution in [0.4, 0.5) is 0 Å². The topological polar surface area (TPSA) is 47.9 Å². The fourth-order valence-corrected chi connectivity index (χ4v) is 5.79. The van der Waals surface area contributed by atoms with Gasteiger partial charge in [-0.05, 0) is 92.1 Å². The second-order valence-electron chi connectivity index (χ2n) is 11.5. The number of ether oxygens (including phenoxy) is 3. The zero-order valence-corrected chi connectivity index (χ0v) is 26.7. The van der Waals surface area contributed by atoms with Crippen molar-refractivity contribution in [2.24, 2.45) is 0 Å². The van der Waals surface area contributed by atoms with Crippen molar-refractivity contribution in [2.75, 3.05) is 0 Å². The predicted molar refractivity (Wildman–Crippen MR) is 177 cm³/mol. The van der Waals surface area contributed by atoms with E-state index in [0.29, 0.717) is 25.0 Å². The van der Waals surface area contributed by atoms with E-state index in [1.165, 1.54) is 16.7 Å². The molecule has 0 saturated carbocycles. The van der Waals surface area contributed by atoms with Crippen LogP contribution in [0, 0.1) is 0 Å². The first-order chi connectivity index (χ1) is 20.8. The number of phenols is 1. The highest BCUT2D eigenvalue weighted by atomic mass is 16.5. The van der Waals surface area contributed by atoms with Gasteiger partial charge in [-0.3, -0.25) is 0 Å². The molecule has 0 fully saturated rings. The van der Waals surface area contributed by atoms with Crippen LogP contribution in [0.1, 0.15) is 74.9 Å². The third kappa shape index (κ3) is 8.56. The van der Waals surface area contributed by atoms with E-state index in [1.54, 1.807) is 0 Å². The molecule has 4 aromatic carbocycles. The van der Waals surface area contributed by atoms with Crippen molar-refractivity contribution in [2.45, 2.75) is 98.4 Å². The number of hydrogen-bond donors (Lipinski definition) is 1. The monoisotopic (exact) mass is 580 g/mol. The van der Waals surface area contributed by atoms with Crippen molar-refractivity contribution < 1.29 is 19.3 Å². The van der Waals surface area contributed by atoms with E-state index in [2.05, 4.69) is 71.9 Å². The van der Waals surface area contributed by atoms with Gasteiger partial charge in [0.2, 0.25) is 0 Å². The zero-order valence-electron chi connectivity index (χ0n) is 26.7. The van der Waals surface area contributed by atoms with Gasteiger partial charge in [0.15, 0.2) is 0 Å². The highest BCUT2D eigenvalue weighted by Crippen LogP contribution is 2.32. The Morgan fingerprint density at radius 3 is 1.26 bits per heavy atom. The zero-order chi connectivity index (χ0) is 30.8. The summed E-state index contributed by atoms with van der Waals surface area (Å²) in [5.74, 6) is 3.05. The van der Waals surface area contributed by atoms with E-state index in [9.17, 15) is 5.11 Å². The highest BCUT2D eigenvalue weighted by molar-refractivity contribution is 5.46. The summed E-state index contributed by atoms with van der Waals surface area (Å²) in [5.41, 5.74) is 6.77. The van der Waals surface area contributed by atoms with Crippen LogP contribution in [0.2, 0.25) is 0 Å².